The predicted octanol–water partition coefficient (Wildman–Crippen LogP) is 1.27. The fourth-order valence-corrected chi connectivity index (χ4v) is 0.797. The third-order valence-electron chi connectivity index (χ3n) is 1.08. The van der Waals surface area contributed by atoms with E-state index in [0.717, 1.165) is 0 Å². The Morgan fingerprint density at radius 2 is 2.30 bits per heavy atom. The summed E-state index contributed by atoms with van der Waals surface area (Å²) < 4.78 is 4.74. The average Bonchev–Trinajstić information content (AvgIpc) is 2.33. The highest BCUT2D eigenvalue weighted by molar-refractivity contribution is 6.28. The molecule has 50 valence electrons. The Morgan fingerprint density at radius 1 is 1.40 bits per heavy atom. The van der Waals surface area contributed by atoms with Crippen LogP contribution in [0.2, 0.25) is 5.28 Å². The molecule has 0 aromatic carbocycles. The number of hydrogen-bond donors (Lipinski definition) is 0. The van der Waals surface area contributed by atoms with Crippen molar-refractivity contribution in [1.29, 1.82) is 0 Å². The van der Waals surface area contributed by atoms with E-state index in [9.17, 15) is 0 Å². The third kappa shape index (κ3) is 0.733. The fraction of sp³-hybridized carbons (Fsp3) is 0. The summed E-state index contributed by atoms with van der Waals surface area (Å²) in [5, 5.41) is 3.71. The molecule has 0 aliphatic carbocycles. The second-order valence-corrected chi connectivity index (χ2v) is 2.05. The Labute approximate surface area is 60.8 Å². The first-order valence-corrected chi connectivity index (χ1v) is 2.97. The van der Waals surface area contributed by atoms with Crippen molar-refractivity contribution >= 4 is 22.7 Å². The van der Waals surface area contributed by atoms with Crippen LogP contribution in [0.1, 0.15) is 0 Å². The first-order valence-electron chi connectivity index (χ1n) is 2.59. The van der Waals surface area contributed by atoms with Crippen LogP contribution in [0.4, 0.5) is 0 Å². The second kappa shape index (κ2) is 1.91. The number of hydrogen-bond acceptors (Lipinski definition) is 4. The van der Waals surface area contributed by atoms with Crippen molar-refractivity contribution in [3.8, 4) is 0 Å². The van der Waals surface area contributed by atoms with Crippen molar-refractivity contribution in [2.75, 3.05) is 0 Å². The standard InChI is InChI=1S/C5H2ClN3O/c6-5-7-2-4-3(9-5)1-8-10-4/h1-2H. The summed E-state index contributed by atoms with van der Waals surface area (Å²) in [6.07, 6.45) is 2.97. The molecular weight excluding hydrogens is 154 g/mol. The summed E-state index contributed by atoms with van der Waals surface area (Å²) in [6, 6.07) is 0. The molecule has 2 heterocycles. The van der Waals surface area contributed by atoms with Gasteiger partial charge in [-0.1, -0.05) is 5.16 Å². The lowest BCUT2D eigenvalue weighted by Crippen LogP contribution is -1.78. The Morgan fingerprint density at radius 3 is 3.20 bits per heavy atom. The molecule has 5 heteroatoms. The van der Waals surface area contributed by atoms with E-state index in [1.165, 1.54) is 12.4 Å². The molecule has 0 N–H and O–H groups in total. The molecule has 0 saturated heterocycles. The molecule has 0 radical (unpaired) electrons. The van der Waals surface area contributed by atoms with Crippen LogP contribution < -0.4 is 0 Å². The van der Waals surface area contributed by atoms with Gasteiger partial charge in [0, 0.05) is 0 Å². The molecule has 0 spiro atoms. The third-order valence-corrected chi connectivity index (χ3v) is 1.26. The second-order valence-electron chi connectivity index (χ2n) is 1.71. The topological polar surface area (TPSA) is 51.8 Å². The quantitative estimate of drug-likeness (QED) is 0.538. The Hall–Kier alpha value is -1.16. The normalized spacial score (nSPS) is 10.5. The summed E-state index contributed by atoms with van der Waals surface area (Å²) in [5.74, 6) is 0. The molecular formula is C5H2ClN3O. The van der Waals surface area contributed by atoms with E-state index in [1.54, 1.807) is 0 Å². The molecule has 0 fully saturated rings. The monoisotopic (exact) mass is 155 g/mol. The van der Waals surface area contributed by atoms with Gasteiger partial charge in [-0.25, -0.2) is 9.97 Å². The molecule has 0 aliphatic heterocycles. The zero-order valence-electron chi connectivity index (χ0n) is 4.78. The molecule has 0 atom stereocenters. The van der Waals surface area contributed by atoms with Crippen LogP contribution in [0.15, 0.2) is 16.9 Å². The Bertz CT molecular complexity index is 358. The molecule has 2 rings (SSSR count). The molecule has 2 aromatic rings. The molecule has 0 saturated carbocycles. The van der Waals surface area contributed by atoms with Crippen LogP contribution in [0, 0.1) is 0 Å². The molecule has 0 bridgehead atoms. The molecule has 0 aliphatic rings. The minimum Gasteiger partial charge on any atom is -0.353 e. The Balaban J connectivity index is 2.86. The lowest BCUT2D eigenvalue weighted by Gasteiger charge is -1.83. The molecule has 4 nitrogen and oxygen atoms in total. The van der Waals surface area contributed by atoms with Crippen molar-refractivity contribution in [1.82, 2.24) is 15.1 Å². The highest BCUT2D eigenvalue weighted by Crippen LogP contribution is 2.10. The van der Waals surface area contributed by atoms with Gasteiger partial charge < -0.3 is 4.52 Å². The van der Waals surface area contributed by atoms with Gasteiger partial charge in [-0.2, -0.15) is 0 Å². The smallest absolute Gasteiger partial charge is 0.223 e. The minimum absolute atomic E-state index is 0.204. The van der Waals surface area contributed by atoms with Gasteiger partial charge in [0.15, 0.2) is 0 Å². The molecule has 0 unspecified atom stereocenters. The number of nitrogens with zero attached hydrogens (tertiary/aromatic N) is 3. The van der Waals surface area contributed by atoms with E-state index >= 15 is 0 Å². The van der Waals surface area contributed by atoms with E-state index < -0.39 is 0 Å². The van der Waals surface area contributed by atoms with E-state index in [1.807, 2.05) is 0 Å². The van der Waals surface area contributed by atoms with Gasteiger partial charge in [0.1, 0.15) is 5.52 Å². The zero-order chi connectivity index (χ0) is 6.97. The maximum absolute atomic E-state index is 5.48. The molecule has 2 aromatic heterocycles. The van der Waals surface area contributed by atoms with Gasteiger partial charge in [0.25, 0.3) is 0 Å². The van der Waals surface area contributed by atoms with Gasteiger partial charge in [-0.3, -0.25) is 0 Å². The van der Waals surface area contributed by atoms with Crippen molar-refractivity contribution < 1.29 is 4.52 Å². The number of aromatic nitrogens is 3. The highest BCUT2D eigenvalue weighted by Gasteiger charge is 1.99. The zero-order valence-corrected chi connectivity index (χ0v) is 5.54. The highest BCUT2D eigenvalue weighted by atomic mass is 35.5. The summed E-state index contributed by atoms with van der Waals surface area (Å²) in [5.41, 5.74) is 1.17. The van der Waals surface area contributed by atoms with E-state index in [4.69, 9.17) is 16.1 Å². The van der Waals surface area contributed by atoms with E-state index in [-0.39, 0.29) is 5.28 Å². The van der Waals surface area contributed by atoms with Crippen molar-refractivity contribution in [3.05, 3.63) is 17.7 Å². The maximum Gasteiger partial charge on any atom is 0.223 e. The van der Waals surface area contributed by atoms with Gasteiger partial charge in [-0.05, 0) is 11.6 Å². The van der Waals surface area contributed by atoms with Gasteiger partial charge in [-0.15, -0.1) is 0 Å². The molecule has 0 amide bonds. The summed E-state index contributed by atoms with van der Waals surface area (Å²) >= 11 is 5.48. The minimum atomic E-state index is 0.204. The van der Waals surface area contributed by atoms with Crippen LogP contribution >= 0.6 is 11.6 Å². The van der Waals surface area contributed by atoms with Gasteiger partial charge in [0.2, 0.25) is 10.9 Å². The maximum atomic E-state index is 5.48. The summed E-state index contributed by atoms with van der Waals surface area (Å²) in [7, 11) is 0. The summed E-state index contributed by atoms with van der Waals surface area (Å²) in [4.78, 5) is 7.53. The van der Waals surface area contributed by atoms with Crippen molar-refractivity contribution in [2.45, 2.75) is 0 Å². The van der Waals surface area contributed by atoms with Crippen LogP contribution in [0.3, 0.4) is 0 Å². The van der Waals surface area contributed by atoms with Crippen LogP contribution in [-0.4, -0.2) is 15.1 Å². The van der Waals surface area contributed by atoms with E-state index in [2.05, 4.69) is 15.1 Å². The Kier molecular flexibility index (Phi) is 1.07. The molecule has 10 heavy (non-hydrogen) atoms. The first kappa shape index (κ1) is 5.61. The van der Waals surface area contributed by atoms with Crippen LogP contribution in [0.25, 0.3) is 11.1 Å². The van der Waals surface area contributed by atoms with Gasteiger partial charge >= 0.3 is 0 Å². The lowest BCUT2D eigenvalue weighted by molar-refractivity contribution is 0.455. The fourth-order valence-electron chi connectivity index (χ4n) is 0.657. The average molecular weight is 156 g/mol. The van der Waals surface area contributed by atoms with Gasteiger partial charge in [0.05, 0.1) is 12.4 Å². The number of fused-ring (bicyclic) bond motifs is 1. The predicted molar refractivity (Wildman–Crippen MR) is 34.6 cm³/mol. The van der Waals surface area contributed by atoms with Crippen molar-refractivity contribution in [3.63, 3.8) is 0 Å². The lowest BCUT2D eigenvalue weighted by atomic mass is 10.5. The van der Waals surface area contributed by atoms with Crippen LogP contribution in [0.5, 0.6) is 0 Å². The number of rotatable bonds is 0. The number of halogens is 1. The van der Waals surface area contributed by atoms with Crippen LogP contribution in [-0.2, 0) is 0 Å². The van der Waals surface area contributed by atoms with E-state index in [0.29, 0.717) is 11.1 Å². The largest absolute Gasteiger partial charge is 0.353 e. The summed E-state index contributed by atoms with van der Waals surface area (Å²) in [6.45, 7) is 0. The first-order chi connectivity index (χ1) is 4.86. The van der Waals surface area contributed by atoms with Crippen molar-refractivity contribution in [2.24, 2.45) is 0 Å². The SMILES string of the molecule is Clc1ncc2oncc2n1.